The first kappa shape index (κ1) is 13.9. The highest BCUT2D eigenvalue weighted by Crippen LogP contribution is 2.35. The largest absolute Gasteiger partial charge is 0.417 e. The van der Waals surface area contributed by atoms with Gasteiger partial charge in [0.05, 0.1) is 5.57 Å². The fourth-order valence-electron chi connectivity index (χ4n) is 1.36. The predicted octanol–water partition coefficient (Wildman–Crippen LogP) is 4.45. The Hall–Kier alpha value is -1.17. The summed E-state index contributed by atoms with van der Waals surface area (Å²) >= 11 is 0. The zero-order chi connectivity index (χ0) is 13.3. The summed E-state index contributed by atoms with van der Waals surface area (Å²) in [6, 6.07) is 0. The summed E-state index contributed by atoms with van der Waals surface area (Å²) < 4.78 is 38.4. The second-order valence-electron chi connectivity index (χ2n) is 5.22. The van der Waals surface area contributed by atoms with E-state index in [9.17, 15) is 13.2 Å². The third-order valence-corrected chi connectivity index (χ3v) is 2.19. The van der Waals surface area contributed by atoms with Gasteiger partial charge >= 0.3 is 6.18 Å². The van der Waals surface area contributed by atoms with Crippen LogP contribution in [-0.2, 0) is 0 Å². The van der Waals surface area contributed by atoms with Gasteiger partial charge in [0.15, 0.2) is 0 Å². The Kier molecular flexibility index (Phi) is 3.76. The molecule has 1 rings (SSSR count). The predicted molar refractivity (Wildman–Crippen MR) is 63.0 cm³/mol. The smallest absolute Gasteiger partial charge is 0.166 e. The van der Waals surface area contributed by atoms with Gasteiger partial charge in [-0.1, -0.05) is 23.5 Å². The van der Waals surface area contributed by atoms with Gasteiger partial charge < -0.3 is 0 Å². The molecule has 17 heavy (non-hydrogen) atoms. The lowest BCUT2D eigenvalue weighted by Gasteiger charge is -2.17. The zero-order valence-corrected chi connectivity index (χ0v) is 10.5. The van der Waals surface area contributed by atoms with Crippen molar-refractivity contribution < 1.29 is 13.2 Å². The summed E-state index contributed by atoms with van der Waals surface area (Å²) in [5, 5.41) is 0. The lowest BCUT2D eigenvalue weighted by molar-refractivity contribution is -0.0888. The number of hydrogen-bond donors (Lipinski definition) is 0. The average molecular weight is 241 g/mol. The molecule has 0 aromatic carbocycles. The minimum absolute atomic E-state index is 0.0954. The molecule has 0 N–H and O–H groups in total. The quantitative estimate of drug-likeness (QED) is 0.550. The van der Waals surface area contributed by atoms with Crippen LogP contribution in [0.15, 0.2) is 22.8 Å². The van der Waals surface area contributed by atoms with Crippen molar-refractivity contribution in [3.05, 3.63) is 29.2 Å². The Balaban J connectivity index is 3.19. The number of hydrogen-bond acceptors (Lipinski definition) is 0. The Morgan fingerprint density at radius 1 is 1.18 bits per heavy atom. The van der Waals surface area contributed by atoms with Crippen molar-refractivity contribution in [1.29, 1.82) is 0 Å². The molecule has 1 aliphatic rings. The summed E-state index contributed by atoms with van der Waals surface area (Å²) in [6.07, 6.45) is -1.06. The van der Waals surface area contributed by atoms with Crippen molar-refractivity contribution in [3.63, 3.8) is 0 Å². The highest BCUT2D eigenvalue weighted by molar-refractivity contribution is 5.51. The van der Waals surface area contributed by atoms with E-state index in [1.54, 1.807) is 13.3 Å². The summed E-state index contributed by atoms with van der Waals surface area (Å²) in [5.41, 5.74) is -0.122. The van der Waals surface area contributed by atoms with Gasteiger partial charge in [0.25, 0.3) is 0 Å². The maximum atomic E-state index is 12.8. The SMILES string of the molecule is CC1=CC(C(F)(F)F)=C(C#CC(C)(C)C)[CH]C1. The monoisotopic (exact) mass is 241 g/mol. The molecule has 0 atom stereocenters. The molecular weight excluding hydrogens is 225 g/mol. The molecule has 0 bridgehead atoms. The van der Waals surface area contributed by atoms with Crippen molar-refractivity contribution >= 4 is 0 Å². The second-order valence-corrected chi connectivity index (χ2v) is 5.22. The normalized spacial score (nSPS) is 17.5. The van der Waals surface area contributed by atoms with Crippen LogP contribution in [0.1, 0.15) is 34.1 Å². The molecule has 0 saturated carbocycles. The van der Waals surface area contributed by atoms with E-state index in [4.69, 9.17) is 0 Å². The Morgan fingerprint density at radius 2 is 1.76 bits per heavy atom. The van der Waals surface area contributed by atoms with Crippen LogP contribution in [0.3, 0.4) is 0 Å². The average Bonchev–Trinajstić information content (AvgIpc) is 2.13. The molecule has 0 aromatic heterocycles. The van der Waals surface area contributed by atoms with Crippen LogP contribution in [0.2, 0.25) is 0 Å². The fourth-order valence-corrected chi connectivity index (χ4v) is 1.36. The first-order valence-electron chi connectivity index (χ1n) is 5.44. The van der Waals surface area contributed by atoms with Gasteiger partial charge in [0.2, 0.25) is 0 Å². The molecule has 93 valence electrons. The number of alkyl halides is 3. The first-order chi connectivity index (χ1) is 7.59. The summed E-state index contributed by atoms with van der Waals surface area (Å²) in [4.78, 5) is 0. The lowest BCUT2D eigenvalue weighted by atomic mass is 9.91. The molecule has 3 heteroatoms. The summed E-state index contributed by atoms with van der Waals surface area (Å²) in [6.45, 7) is 7.31. The molecule has 0 fully saturated rings. The van der Waals surface area contributed by atoms with Crippen LogP contribution in [-0.4, -0.2) is 6.18 Å². The number of halogens is 3. The lowest BCUT2D eigenvalue weighted by Crippen LogP contribution is -2.15. The van der Waals surface area contributed by atoms with Gasteiger partial charge in [0, 0.05) is 17.4 Å². The van der Waals surface area contributed by atoms with Crippen LogP contribution >= 0.6 is 0 Å². The van der Waals surface area contributed by atoms with Crippen molar-refractivity contribution in [2.24, 2.45) is 5.41 Å². The molecule has 0 heterocycles. The molecule has 0 aromatic rings. The van der Waals surface area contributed by atoms with Crippen LogP contribution in [0.4, 0.5) is 13.2 Å². The van der Waals surface area contributed by atoms with Gasteiger partial charge in [-0.05, 0) is 34.1 Å². The van der Waals surface area contributed by atoms with Crippen molar-refractivity contribution in [3.8, 4) is 11.8 Å². The molecule has 0 amide bonds. The van der Waals surface area contributed by atoms with E-state index < -0.39 is 11.7 Å². The van der Waals surface area contributed by atoms with E-state index >= 15 is 0 Å². The molecule has 0 spiro atoms. The minimum Gasteiger partial charge on any atom is -0.166 e. The third-order valence-electron chi connectivity index (χ3n) is 2.19. The first-order valence-corrected chi connectivity index (χ1v) is 5.44. The van der Waals surface area contributed by atoms with E-state index in [0.29, 0.717) is 12.0 Å². The van der Waals surface area contributed by atoms with Gasteiger partial charge in [0.1, 0.15) is 0 Å². The van der Waals surface area contributed by atoms with Crippen molar-refractivity contribution in [2.75, 3.05) is 0 Å². The van der Waals surface area contributed by atoms with Crippen LogP contribution in [0.5, 0.6) is 0 Å². The maximum absolute atomic E-state index is 12.8. The van der Waals surface area contributed by atoms with E-state index in [0.717, 1.165) is 0 Å². The summed E-state index contributed by atoms with van der Waals surface area (Å²) in [5.74, 6) is 5.49. The standard InChI is InChI=1S/C14H16F3/c1-10-5-6-11(7-8-13(2,3)4)12(9-10)14(15,16)17/h6,9H,5H2,1-4H3. The zero-order valence-electron chi connectivity index (χ0n) is 10.5. The van der Waals surface area contributed by atoms with Crippen molar-refractivity contribution in [1.82, 2.24) is 0 Å². The molecule has 0 unspecified atom stereocenters. The second kappa shape index (κ2) is 4.60. The van der Waals surface area contributed by atoms with Gasteiger partial charge in [-0.15, -0.1) is 0 Å². The summed E-state index contributed by atoms with van der Waals surface area (Å²) in [7, 11) is 0. The molecule has 0 aliphatic heterocycles. The van der Waals surface area contributed by atoms with E-state index in [-0.39, 0.29) is 11.0 Å². The fraction of sp³-hybridized carbons (Fsp3) is 0.500. The Morgan fingerprint density at radius 3 is 2.24 bits per heavy atom. The highest BCUT2D eigenvalue weighted by Gasteiger charge is 2.35. The molecule has 1 aliphatic carbocycles. The molecule has 1 radical (unpaired) electrons. The van der Waals surface area contributed by atoms with Gasteiger partial charge in [-0.2, -0.15) is 13.2 Å². The molecular formula is C14H16F3. The van der Waals surface area contributed by atoms with E-state index in [2.05, 4.69) is 11.8 Å². The third kappa shape index (κ3) is 4.30. The topological polar surface area (TPSA) is 0 Å². The molecule has 0 saturated heterocycles. The van der Waals surface area contributed by atoms with Gasteiger partial charge in [-0.25, -0.2) is 0 Å². The minimum atomic E-state index is -4.33. The van der Waals surface area contributed by atoms with E-state index in [1.807, 2.05) is 20.8 Å². The van der Waals surface area contributed by atoms with Crippen LogP contribution in [0.25, 0.3) is 0 Å². The van der Waals surface area contributed by atoms with Crippen LogP contribution in [0, 0.1) is 23.7 Å². The number of allylic oxidation sites excluding steroid dienone is 4. The maximum Gasteiger partial charge on any atom is 0.417 e. The Bertz CT molecular complexity index is 417. The Labute approximate surface area is 101 Å². The van der Waals surface area contributed by atoms with Crippen molar-refractivity contribution in [2.45, 2.75) is 40.3 Å². The molecule has 0 nitrogen and oxygen atoms in total. The highest BCUT2D eigenvalue weighted by atomic mass is 19.4. The van der Waals surface area contributed by atoms with Gasteiger partial charge in [-0.3, -0.25) is 0 Å². The van der Waals surface area contributed by atoms with Crippen LogP contribution < -0.4 is 0 Å². The number of rotatable bonds is 0. The van der Waals surface area contributed by atoms with E-state index in [1.165, 1.54) is 6.08 Å².